The predicted molar refractivity (Wildman–Crippen MR) is 175 cm³/mol. The van der Waals surface area contributed by atoms with Gasteiger partial charge in [0.2, 0.25) is 5.88 Å². The van der Waals surface area contributed by atoms with E-state index in [2.05, 4.69) is 34.7 Å². The number of ether oxygens (including phenoxy) is 3. The molecule has 0 aliphatic heterocycles. The summed E-state index contributed by atoms with van der Waals surface area (Å²) >= 11 is 1.71. The minimum atomic E-state index is -1.14. The lowest BCUT2D eigenvalue weighted by atomic mass is 9.92. The first-order valence-corrected chi connectivity index (χ1v) is 20.5. The first-order chi connectivity index (χ1) is 20.8. The van der Waals surface area contributed by atoms with Crippen LogP contribution in [0.4, 0.5) is 4.79 Å². The van der Waals surface area contributed by atoms with Crippen molar-refractivity contribution in [3.8, 4) is 5.88 Å². The smallest absolute Gasteiger partial charge is 0.410 e. The van der Waals surface area contributed by atoms with E-state index in [1.165, 1.54) is 10.4 Å². The van der Waals surface area contributed by atoms with E-state index in [9.17, 15) is 9.90 Å². The summed E-state index contributed by atoms with van der Waals surface area (Å²) in [6.45, 7) is 13.8. The van der Waals surface area contributed by atoms with Gasteiger partial charge in [0.1, 0.15) is 29.6 Å². The Hall–Kier alpha value is -2.54. The van der Waals surface area contributed by atoms with Gasteiger partial charge >= 0.3 is 6.09 Å². The molecule has 3 heterocycles. The second-order valence-corrected chi connectivity index (χ2v) is 21.3. The number of aryl methyl sites for hydroxylation is 1. The number of carbonyl (C=O) groups is 1. The first-order valence-electron chi connectivity index (χ1n) is 16.0. The van der Waals surface area contributed by atoms with E-state index in [4.69, 9.17) is 14.2 Å². The molecule has 0 radical (unpaired) electrons. The lowest BCUT2D eigenvalue weighted by molar-refractivity contribution is 0.0137. The highest BCUT2D eigenvalue weighted by molar-refractivity contribution is 7.19. The van der Waals surface area contributed by atoms with Crippen LogP contribution >= 0.6 is 11.3 Å². The molecule has 0 spiro atoms. The molecule has 44 heavy (non-hydrogen) atoms. The molecule has 1 saturated carbocycles. The van der Waals surface area contributed by atoms with Crippen LogP contribution in [0.15, 0.2) is 18.6 Å². The van der Waals surface area contributed by atoms with Crippen molar-refractivity contribution in [2.75, 3.05) is 13.7 Å². The van der Waals surface area contributed by atoms with Gasteiger partial charge in [-0.1, -0.05) is 19.6 Å². The van der Waals surface area contributed by atoms with Crippen LogP contribution in [0.3, 0.4) is 0 Å². The molecule has 3 aromatic rings. The standard InChI is InChI=1S/C32H49N5O5SSi/c1-32(2,3)42-31(39)36(4)22-9-11-23(12-10-22)41-29-28-27-21(8-13-26(27)43-30(28)34-19-33-29)18-25(38)24-14-15-37(35-24)20-40-16-17-44(5,6)7/h14-15,19,21-23,25,38H,8-13,16-18,20H2,1-7H3/t21-,22-,23-,25+/m1/s1. The summed E-state index contributed by atoms with van der Waals surface area (Å²) in [5, 5.41) is 16.8. The molecule has 10 nitrogen and oxygen atoms in total. The Bertz CT molecular complexity index is 1420. The Morgan fingerprint density at radius 3 is 2.64 bits per heavy atom. The van der Waals surface area contributed by atoms with E-state index in [1.807, 2.05) is 40.1 Å². The quantitative estimate of drug-likeness (QED) is 0.177. The molecule has 1 amide bonds. The number of carbonyl (C=O) groups excluding carboxylic acids is 1. The van der Waals surface area contributed by atoms with Gasteiger partial charge in [-0.25, -0.2) is 19.4 Å². The maximum Gasteiger partial charge on any atom is 0.410 e. The fourth-order valence-electron chi connectivity index (χ4n) is 6.11. The van der Waals surface area contributed by atoms with Gasteiger partial charge in [-0.2, -0.15) is 5.10 Å². The molecule has 1 N–H and O–H groups in total. The molecule has 5 rings (SSSR count). The number of thiophene rings is 1. The highest BCUT2D eigenvalue weighted by Crippen LogP contribution is 2.49. The number of rotatable bonds is 11. The number of hydrogen-bond acceptors (Lipinski definition) is 9. The zero-order chi connectivity index (χ0) is 31.6. The highest BCUT2D eigenvalue weighted by Gasteiger charge is 2.34. The van der Waals surface area contributed by atoms with Crippen LogP contribution in [0.5, 0.6) is 5.88 Å². The van der Waals surface area contributed by atoms with Gasteiger partial charge < -0.3 is 24.2 Å². The Morgan fingerprint density at radius 2 is 1.93 bits per heavy atom. The molecule has 0 unspecified atom stereocenters. The van der Waals surface area contributed by atoms with Gasteiger partial charge in [-0.05, 0) is 89.3 Å². The van der Waals surface area contributed by atoms with Crippen molar-refractivity contribution in [1.82, 2.24) is 24.6 Å². The lowest BCUT2D eigenvalue weighted by Gasteiger charge is -2.35. The molecule has 12 heteroatoms. The average molecular weight is 644 g/mol. The third-order valence-corrected chi connectivity index (χ3v) is 11.5. The average Bonchev–Trinajstić information content (AvgIpc) is 3.66. The monoisotopic (exact) mass is 643 g/mol. The van der Waals surface area contributed by atoms with Crippen molar-refractivity contribution in [2.24, 2.45) is 0 Å². The normalized spacial score (nSPS) is 21.3. The summed E-state index contributed by atoms with van der Waals surface area (Å²) in [5.41, 5.74) is 1.39. The molecule has 2 atom stereocenters. The van der Waals surface area contributed by atoms with Crippen molar-refractivity contribution in [3.05, 3.63) is 34.7 Å². The Morgan fingerprint density at radius 1 is 1.18 bits per heavy atom. The SMILES string of the molecule is CN(C(=O)OC(C)(C)C)[C@H]1CC[C@H](Oc2ncnc3sc4c(c23)[C@@H](C[C@H](O)c2ccn(COCC[Si](C)(C)C)n2)CC4)CC1. The fourth-order valence-corrected chi connectivity index (χ4v) is 8.10. The summed E-state index contributed by atoms with van der Waals surface area (Å²) in [6, 6.07) is 3.14. The zero-order valence-corrected chi connectivity index (χ0v) is 29.2. The second-order valence-electron chi connectivity index (χ2n) is 14.6. The Balaban J connectivity index is 1.21. The highest BCUT2D eigenvalue weighted by atomic mass is 32.1. The number of aliphatic hydroxyl groups excluding tert-OH is 1. The molecule has 0 saturated heterocycles. The minimum Gasteiger partial charge on any atom is -0.474 e. The van der Waals surface area contributed by atoms with Gasteiger partial charge in [0.15, 0.2) is 0 Å². The van der Waals surface area contributed by atoms with Crippen LogP contribution in [0, 0.1) is 0 Å². The van der Waals surface area contributed by atoms with Crippen LogP contribution < -0.4 is 4.74 Å². The van der Waals surface area contributed by atoms with Gasteiger partial charge in [0.25, 0.3) is 0 Å². The van der Waals surface area contributed by atoms with E-state index in [0.29, 0.717) is 24.7 Å². The molecule has 0 bridgehead atoms. The van der Waals surface area contributed by atoms with Crippen molar-refractivity contribution >= 4 is 35.7 Å². The largest absolute Gasteiger partial charge is 0.474 e. The molecule has 0 aromatic carbocycles. The molecule has 2 aliphatic carbocycles. The van der Waals surface area contributed by atoms with Gasteiger partial charge in [-0.15, -0.1) is 11.3 Å². The van der Waals surface area contributed by atoms with Crippen molar-refractivity contribution in [3.63, 3.8) is 0 Å². The number of aromatic nitrogens is 4. The number of nitrogens with zero attached hydrogens (tertiary/aromatic N) is 5. The molecule has 1 fully saturated rings. The third-order valence-electron chi connectivity index (χ3n) is 8.58. The van der Waals surface area contributed by atoms with Crippen LogP contribution in [-0.2, 0) is 22.6 Å². The van der Waals surface area contributed by atoms with E-state index < -0.39 is 19.8 Å². The third kappa shape index (κ3) is 8.18. The number of fused-ring (bicyclic) bond motifs is 3. The van der Waals surface area contributed by atoms with Crippen LogP contribution in [0.1, 0.15) is 87.5 Å². The van der Waals surface area contributed by atoms with E-state index in [1.54, 1.807) is 27.2 Å². The zero-order valence-electron chi connectivity index (χ0n) is 27.3. The van der Waals surface area contributed by atoms with Gasteiger partial charge in [0.05, 0.1) is 17.2 Å². The Labute approximate surface area is 266 Å². The molecular weight excluding hydrogens is 595 g/mol. The molecular formula is C32H49N5O5SSi. The van der Waals surface area contributed by atoms with Crippen molar-refractivity contribution in [1.29, 1.82) is 0 Å². The maximum atomic E-state index is 12.6. The van der Waals surface area contributed by atoms with E-state index >= 15 is 0 Å². The van der Waals surface area contributed by atoms with Gasteiger partial charge in [0, 0.05) is 38.8 Å². The summed E-state index contributed by atoms with van der Waals surface area (Å²) < 4.78 is 19.7. The van der Waals surface area contributed by atoms with Crippen LogP contribution in [-0.4, -0.2) is 75.3 Å². The van der Waals surface area contributed by atoms with Gasteiger partial charge in [-0.3, -0.25) is 0 Å². The topological polar surface area (TPSA) is 112 Å². The number of amides is 1. The fraction of sp³-hybridized carbons (Fsp3) is 0.688. The molecule has 242 valence electrons. The predicted octanol–water partition coefficient (Wildman–Crippen LogP) is 6.91. The first kappa shape index (κ1) is 32.8. The lowest BCUT2D eigenvalue weighted by Crippen LogP contribution is -2.43. The van der Waals surface area contributed by atoms with Crippen molar-refractivity contribution < 1.29 is 24.1 Å². The van der Waals surface area contributed by atoms with E-state index in [-0.39, 0.29) is 24.2 Å². The maximum absolute atomic E-state index is 12.6. The number of aliphatic hydroxyl groups is 1. The second kappa shape index (κ2) is 13.4. The van der Waals surface area contributed by atoms with Crippen molar-refractivity contribution in [2.45, 2.75) is 128 Å². The molecule has 2 aliphatic rings. The summed E-state index contributed by atoms with van der Waals surface area (Å²) in [7, 11) is 0.689. The van der Waals surface area contributed by atoms with Crippen LogP contribution in [0.2, 0.25) is 25.7 Å². The number of hydrogen-bond donors (Lipinski definition) is 1. The summed E-state index contributed by atoms with van der Waals surface area (Å²) in [6.07, 6.45) is 8.44. The summed E-state index contributed by atoms with van der Waals surface area (Å²) in [5.74, 6) is 0.816. The molecule has 3 aromatic heterocycles. The van der Waals surface area contributed by atoms with E-state index in [0.717, 1.165) is 61.4 Å². The van der Waals surface area contributed by atoms with Crippen LogP contribution in [0.25, 0.3) is 10.2 Å². The summed E-state index contributed by atoms with van der Waals surface area (Å²) in [4.78, 5) is 25.7. The minimum absolute atomic E-state index is 0.0225. The Kier molecular flexibility index (Phi) is 10.0.